The summed E-state index contributed by atoms with van der Waals surface area (Å²) in [6.07, 6.45) is 5.88. The van der Waals surface area contributed by atoms with Crippen LogP contribution in [-0.4, -0.2) is 19.9 Å². The summed E-state index contributed by atoms with van der Waals surface area (Å²) in [6.45, 7) is 4.10. The predicted molar refractivity (Wildman–Crippen MR) is 147 cm³/mol. The Labute approximate surface area is 216 Å². The minimum atomic E-state index is -0.324. The zero-order chi connectivity index (χ0) is 24.4. The number of nitrogens with zero attached hydrogens (tertiary/aromatic N) is 4. The molecule has 3 aromatic heterocycles. The van der Waals surface area contributed by atoms with Crippen LogP contribution < -0.4 is 10.6 Å². The summed E-state index contributed by atoms with van der Waals surface area (Å²) in [4.78, 5) is 17.9. The zero-order valence-electron chi connectivity index (χ0n) is 19.2. The Kier molecular flexibility index (Phi) is 6.54. The standard InChI is InChI=1S/C27H22FIN6/c1-3-18-14-24(33-15-32-18)21-5-4-11-30-27(21)35-25-16(2)6-8-20-19(25)10-12-31-26(20)34-23-9-7-17(29)13-22(23)28/h4-15H,3H2,1-2H3,(H,30,35)(H,31,34). The molecule has 35 heavy (non-hydrogen) atoms. The highest BCUT2D eigenvalue weighted by molar-refractivity contribution is 14.1. The van der Waals surface area contributed by atoms with Crippen molar-refractivity contribution in [2.75, 3.05) is 10.6 Å². The minimum absolute atomic E-state index is 0.324. The first-order valence-electron chi connectivity index (χ1n) is 11.2. The van der Waals surface area contributed by atoms with Gasteiger partial charge in [-0.1, -0.05) is 19.1 Å². The van der Waals surface area contributed by atoms with Gasteiger partial charge in [0.25, 0.3) is 0 Å². The van der Waals surface area contributed by atoms with Crippen molar-refractivity contribution in [2.24, 2.45) is 0 Å². The lowest BCUT2D eigenvalue weighted by molar-refractivity contribution is 0.631. The summed E-state index contributed by atoms with van der Waals surface area (Å²) >= 11 is 2.09. The van der Waals surface area contributed by atoms with Crippen molar-refractivity contribution >= 4 is 56.4 Å². The summed E-state index contributed by atoms with van der Waals surface area (Å²) < 4.78 is 15.3. The number of hydrogen-bond acceptors (Lipinski definition) is 6. The SMILES string of the molecule is CCc1cc(-c2cccnc2Nc2c(C)ccc3c(Nc4ccc(I)cc4F)nccc23)ncn1. The molecule has 0 fully saturated rings. The molecule has 0 atom stereocenters. The fourth-order valence-electron chi connectivity index (χ4n) is 3.92. The van der Waals surface area contributed by atoms with Crippen LogP contribution in [0.15, 0.2) is 73.3 Å². The van der Waals surface area contributed by atoms with E-state index in [-0.39, 0.29) is 5.82 Å². The van der Waals surface area contributed by atoms with Crippen LogP contribution in [0.25, 0.3) is 22.0 Å². The summed E-state index contributed by atoms with van der Waals surface area (Å²) in [7, 11) is 0. The smallest absolute Gasteiger partial charge is 0.147 e. The second kappa shape index (κ2) is 9.91. The third-order valence-electron chi connectivity index (χ3n) is 5.75. The lowest BCUT2D eigenvalue weighted by Crippen LogP contribution is -2.02. The van der Waals surface area contributed by atoms with E-state index in [2.05, 4.69) is 60.1 Å². The molecule has 0 radical (unpaired) electrons. The molecular formula is C27H22FIN6. The maximum Gasteiger partial charge on any atom is 0.147 e. The monoisotopic (exact) mass is 576 g/mol. The van der Waals surface area contributed by atoms with Crippen molar-refractivity contribution in [1.82, 2.24) is 19.9 Å². The lowest BCUT2D eigenvalue weighted by atomic mass is 10.0. The van der Waals surface area contributed by atoms with Gasteiger partial charge in [0.15, 0.2) is 0 Å². The number of anilines is 4. The van der Waals surface area contributed by atoms with Gasteiger partial charge in [-0.25, -0.2) is 24.3 Å². The van der Waals surface area contributed by atoms with Crippen LogP contribution in [0.3, 0.4) is 0 Å². The van der Waals surface area contributed by atoms with Crippen molar-refractivity contribution < 1.29 is 4.39 Å². The maximum absolute atomic E-state index is 14.5. The van der Waals surface area contributed by atoms with Crippen LogP contribution in [-0.2, 0) is 6.42 Å². The highest BCUT2D eigenvalue weighted by Crippen LogP contribution is 2.36. The van der Waals surface area contributed by atoms with Gasteiger partial charge in [-0.3, -0.25) is 0 Å². The van der Waals surface area contributed by atoms with E-state index in [4.69, 9.17) is 0 Å². The Morgan fingerprint density at radius 1 is 0.857 bits per heavy atom. The average molecular weight is 576 g/mol. The van der Waals surface area contributed by atoms with Crippen LogP contribution in [0.5, 0.6) is 0 Å². The molecule has 0 bridgehead atoms. The molecule has 0 aliphatic rings. The molecule has 0 saturated heterocycles. The van der Waals surface area contributed by atoms with Crippen molar-refractivity contribution in [3.05, 3.63) is 94.0 Å². The van der Waals surface area contributed by atoms with E-state index in [1.54, 1.807) is 24.8 Å². The van der Waals surface area contributed by atoms with Crippen molar-refractivity contribution in [2.45, 2.75) is 20.3 Å². The number of fused-ring (bicyclic) bond motifs is 1. The van der Waals surface area contributed by atoms with Gasteiger partial charge in [0.2, 0.25) is 0 Å². The Hall–Kier alpha value is -3.66. The van der Waals surface area contributed by atoms with Crippen LogP contribution in [0.4, 0.5) is 27.4 Å². The molecule has 2 aromatic carbocycles. The van der Waals surface area contributed by atoms with Crippen LogP contribution in [0.2, 0.25) is 0 Å². The molecule has 0 saturated carbocycles. The molecule has 0 aliphatic carbocycles. The number of pyridine rings is 2. The molecule has 2 N–H and O–H groups in total. The van der Waals surface area contributed by atoms with Crippen LogP contribution in [0.1, 0.15) is 18.2 Å². The molecule has 5 rings (SSSR count). The van der Waals surface area contributed by atoms with Crippen molar-refractivity contribution in [3.63, 3.8) is 0 Å². The number of rotatable bonds is 6. The molecule has 6 nitrogen and oxygen atoms in total. The van der Waals surface area contributed by atoms with Gasteiger partial charge in [0.1, 0.15) is 23.8 Å². The highest BCUT2D eigenvalue weighted by Gasteiger charge is 2.14. The third kappa shape index (κ3) is 4.79. The Morgan fingerprint density at radius 2 is 1.71 bits per heavy atom. The average Bonchev–Trinajstić information content (AvgIpc) is 2.88. The fourth-order valence-corrected chi connectivity index (χ4v) is 4.37. The quantitative estimate of drug-likeness (QED) is 0.209. The largest absolute Gasteiger partial charge is 0.339 e. The number of aromatic nitrogens is 4. The second-order valence-electron chi connectivity index (χ2n) is 8.03. The second-order valence-corrected chi connectivity index (χ2v) is 9.28. The molecule has 0 amide bonds. The van der Waals surface area contributed by atoms with Gasteiger partial charge in [0.05, 0.1) is 17.1 Å². The van der Waals surface area contributed by atoms with Gasteiger partial charge in [0, 0.05) is 38.0 Å². The zero-order valence-corrected chi connectivity index (χ0v) is 21.3. The third-order valence-corrected chi connectivity index (χ3v) is 6.42. The normalized spacial score (nSPS) is 11.0. The summed E-state index contributed by atoms with van der Waals surface area (Å²) in [5, 5.41) is 8.49. The number of aryl methyl sites for hydroxylation is 2. The van der Waals surface area contributed by atoms with Crippen molar-refractivity contribution in [1.29, 1.82) is 0 Å². The fraction of sp³-hybridized carbons (Fsp3) is 0.111. The van der Waals surface area contributed by atoms with Gasteiger partial charge in [-0.2, -0.15) is 0 Å². The van der Waals surface area contributed by atoms with Crippen molar-refractivity contribution in [3.8, 4) is 11.3 Å². The Bertz CT molecular complexity index is 1540. The van der Waals surface area contributed by atoms with Gasteiger partial charge in [-0.15, -0.1) is 0 Å². The predicted octanol–water partition coefficient (Wildman–Crippen LogP) is 7.19. The van der Waals surface area contributed by atoms with E-state index in [1.807, 2.05) is 49.4 Å². The van der Waals surface area contributed by atoms with Gasteiger partial charge < -0.3 is 10.6 Å². The van der Waals surface area contributed by atoms with Crippen LogP contribution in [0, 0.1) is 16.3 Å². The first-order chi connectivity index (χ1) is 17.0. The number of hydrogen-bond donors (Lipinski definition) is 2. The lowest BCUT2D eigenvalue weighted by Gasteiger charge is -2.17. The van der Waals surface area contributed by atoms with E-state index >= 15 is 0 Å². The summed E-state index contributed by atoms with van der Waals surface area (Å²) in [5.74, 6) is 0.949. The Balaban J connectivity index is 1.57. The highest BCUT2D eigenvalue weighted by atomic mass is 127. The molecule has 0 aliphatic heterocycles. The maximum atomic E-state index is 14.5. The van der Waals surface area contributed by atoms with E-state index in [1.165, 1.54) is 6.07 Å². The first-order valence-corrected chi connectivity index (χ1v) is 12.2. The van der Waals surface area contributed by atoms with E-state index in [9.17, 15) is 4.39 Å². The molecule has 5 aromatic rings. The molecular weight excluding hydrogens is 554 g/mol. The van der Waals surface area contributed by atoms with E-state index in [0.717, 1.165) is 49.0 Å². The number of nitrogens with one attached hydrogen (secondary N) is 2. The van der Waals surface area contributed by atoms with E-state index in [0.29, 0.717) is 17.3 Å². The minimum Gasteiger partial charge on any atom is -0.339 e. The first kappa shape index (κ1) is 23.1. The van der Waals surface area contributed by atoms with E-state index < -0.39 is 0 Å². The molecule has 8 heteroatoms. The van der Waals surface area contributed by atoms with Crippen LogP contribution >= 0.6 is 22.6 Å². The summed E-state index contributed by atoms with van der Waals surface area (Å²) in [5.41, 5.74) is 4.99. The summed E-state index contributed by atoms with van der Waals surface area (Å²) in [6, 6.07) is 16.9. The molecule has 0 unspecified atom stereocenters. The molecule has 174 valence electrons. The molecule has 3 heterocycles. The number of halogens is 2. The van der Waals surface area contributed by atoms with Gasteiger partial charge >= 0.3 is 0 Å². The topological polar surface area (TPSA) is 75.6 Å². The molecule has 0 spiro atoms. The number of benzene rings is 2. The Morgan fingerprint density at radius 3 is 2.54 bits per heavy atom. The van der Waals surface area contributed by atoms with Gasteiger partial charge in [-0.05, 0) is 84.0 Å².